The summed E-state index contributed by atoms with van der Waals surface area (Å²) in [5, 5.41) is 3.86. The van der Waals surface area contributed by atoms with Gasteiger partial charge in [0.2, 0.25) is 0 Å². The number of rotatable bonds is 1. The number of ether oxygens (including phenoxy) is 1. The van der Waals surface area contributed by atoms with Gasteiger partial charge in [-0.3, -0.25) is 4.79 Å². The highest BCUT2D eigenvalue weighted by atomic mass is 79.9. The number of aromatic nitrogens is 1. The molecule has 1 aromatic heterocycles. The second kappa shape index (κ2) is 5.93. The average molecular weight is 399 g/mol. The molecule has 1 amide bonds. The van der Waals surface area contributed by atoms with Crippen LogP contribution < -0.4 is 4.90 Å². The molecule has 5 nitrogen and oxygen atoms in total. The predicted octanol–water partition coefficient (Wildman–Crippen LogP) is 3.38. The number of halogens is 3. The Bertz CT molecular complexity index is 837. The molecule has 8 heteroatoms. The topological polar surface area (TPSA) is 55.6 Å². The number of nitrogens with zero attached hydrogens (tertiary/aromatic N) is 2. The van der Waals surface area contributed by atoms with E-state index in [4.69, 9.17) is 9.26 Å². The number of hydrogen-bond acceptors (Lipinski definition) is 4. The van der Waals surface area contributed by atoms with Crippen molar-refractivity contribution in [2.75, 3.05) is 18.1 Å². The lowest BCUT2D eigenvalue weighted by molar-refractivity contribution is 0.0949. The van der Waals surface area contributed by atoms with E-state index in [9.17, 15) is 13.6 Å². The third-order valence-electron chi connectivity index (χ3n) is 4.36. The molecular formula is C16H13BrF2N2O3. The lowest BCUT2D eigenvalue weighted by atomic mass is 10.00. The molecule has 0 bridgehead atoms. The van der Waals surface area contributed by atoms with Crippen LogP contribution in [0.25, 0.3) is 0 Å². The van der Waals surface area contributed by atoms with Crippen molar-refractivity contribution >= 4 is 27.5 Å². The van der Waals surface area contributed by atoms with E-state index in [1.165, 1.54) is 4.90 Å². The van der Waals surface area contributed by atoms with Crippen molar-refractivity contribution in [3.05, 3.63) is 44.8 Å². The van der Waals surface area contributed by atoms with Gasteiger partial charge in [-0.25, -0.2) is 8.78 Å². The van der Waals surface area contributed by atoms with Crippen molar-refractivity contribution in [3.63, 3.8) is 0 Å². The molecular weight excluding hydrogens is 386 g/mol. The molecule has 0 saturated heterocycles. The Morgan fingerprint density at radius 2 is 2.08 bits per heavy atom. The summed E-state index contributed by atoms with van der Waals surface area (Å²) < 4.78 is 38.9. The van der Waals surface area contributed by atoms with E-state index in [2.05, 4.69) is 21.1 Å². The highest BCUT2D eigenvalue weighted by Crippen LogP contribution is 2.38. The highest BCUT2D eigenvalue weighted by Gasteiger charge is 2.33. The largest absolute Gasteiger partial charge is 0.376 e. The van der Waals surface area contributed by atoms with E-state index < -0.39 is 17.5 Å². The highest BCUT2D eigenvalue weighted by molar-refractivity contribution is 9.10. The molecule has 3 heterocycles. The minimum absolute atomic E-state index is 0.105. The van der Waals surface area contributed by atoms with Crippen molar-refractivity contribution in [2.45, 2.75) is 25.9 Å². The molecule has 1 aromatic carbocycles. The molecule has 0 unspecified atom stereocenters. The molecule has 2 aliphatic rings. The zero-order valence-corrected chi connectivity index (χ0v) is 14.2. The van der Waals surface area contributed by atoms with E-state index in [1.807, 2.05) is 0 Å². The summed E-state index contributed by atoms with van der Waals surface area (Å²) >= 11 is 3.15. The van der Waals surface area contributed by atoms with Crippen LogP contribution >= 0.6 is 15.9 Å². The fraction of sp³-hybridized carbons (Fsp3) is 0.375. The number of amides is 1. The lowest BCUT2D eigenvalue weighted by Crippen LogP contribution is -2.37. The zero-order valence-electron chi connectivity index (χ0n) is 12.6. The van der Waals surface area contributed by atoms with Crippen molar-refractivity contribution in [3.8, 4) is 0 Å². The molecule has 2 aromatic rings. The number of carbonyl (C=O) groups excluding carboxylic acids is 1. The molecule has 0 saturated carbocycles. The van der Waals surface area contributed by atoms with Gasteiger partial charge in [-0.1, -0.05) is 5.16 Å². The van der Waals surface area contributed by atoms with Crippen LogP contribution in [0.5, 0.6) is 0 Å². The Labute approximate surface area is 144 Å². The normalized spacial score (nSPS) is 16.7. The monoisotopic (exact) mass is 398 g/mol. The van der Waals surface area contributed by atoms with Crippen molar-refractivity contribution in [2.24, 2.45) is 0 Å². The second-order valence-electron chi connectivity index (χ2n) is 5.78. The van der Waals surface area contributed by atoms with Gasteiger partial charge >= 0.3 is 0 Å². The maximum Gasteiger partial charge on any atom is 0.280 e. The van der Waals surface area contributed by atoms with Crippen LogP contribution in [-0.2, 0) is 24.2 Å². The van der Waals surface area contributed by atoms with Crippen LogP contribution in [0, 0.1) is 11.6 Å². The third kappa shape index (κ3) is 2.36. The molecule has 126 valence electrons. The molecule has 24 heavy (non-hydrogen) atoms. The van der Waals surface area contributed by atoms with Gasteiger partial charge in [0.05, 0.1) is 28.9 Å². The number of carbonyl (C=O) groups is 1. The SMILES string of the molecule is O=C(c1noc2c1COCC2)N1CCCc2c(Br)c(F)cc(F)c21. The predicted molar refractivity (Wildman–Crippen MR) is 83.9 cm³/mol. The minimum atomic E-state index is -0.757. The molecule has 0 spiro atoms. The Balaban J connectivity index is 1.78. The van der Waals surface area contributed by atoms with Crippen LogP contribution in [0.2, 0.25) is 0 Å². The number of anilines is 1. The second-order valence-corrected chi connectivity index (χ2v) is 6.57. The van der Waals surface area contributed by atoms with Crippen LogP contribution in [0.1, 0.15) is 33.8 Å². The Morgan fingerprint density at radius 1 is 1.25 bits per heavy atom. The Hall–Kier alpha value is -1.80. The Kier molecular flexibility index (Phi) is 3.88. The first kappa shape index (κ1) is 15.7. The maximum atomic E-state index is 14.4. The molecule has 2 aliphatic heterocycles. The first-order valence-electron chi connectivity index (χ1n) is 7.61. The lowest BCUT2D eigenvalue weighted by Gasteiger charge is -2.30. The van der Waals surface area contributed by atoms with E-state index >= 15 is 0 Å². The fourth-order valence-corrected chi connectivity index (χ4v) is 3.71. The zero-order chi connectivity index (χ0) is 16.8. The van der Waals surface area contributed by atoms with Crippen LogP contribution in [0.4, 0.5) is 14.5 Å². The third-order valence-corrected chi connectivity index (χ3v) is 5.21. The van der Waals surface area contributed by atoms with E-state index in [-0.39, 0.29) is 22.5 Å². The van der Waals surface area contributed by atoms with Gasteiger partial charge in [0, 0.05) is 19.0 Å². The fourth-order valence-electron chi connectivity index (χ4n) is 3.21. The molecule has 0 N–H and O–H groups in total. The molecule has 0 atom stereocenters. The molecule has 0 fully saturated rings. The van der Waals surface area contributed by atoms with Gasteiger partial charge in [-0.2, -0.15) is 0 Å². The summed E-state index contributed by atoms with van der Waals surface area (Å²) in [5.41, 5.74) is 1.31. The minimum Gasteiger partial charge on any atom is -0.376 e. The van der Waals surface area contributed by atoms with E-state index in [0.29, 0.717) is 49.3 Å². The standard InChI is InChI=1S/C16H13BrF2N2O3/c17-13-8-2-1-4-21(15(8)11(19)6-10(13)18)16(22)14-9-7-23-5-3-12(9)24-20-14/h6H,1-5,7H2. The quantitative estimate of drug-likeness (QED) is 0.691. The number of benzene rings is 1. The summed E-state index contributed by atoms with van der Waals surface area (Å²) in [4.78, 5) is 14.2. The summed E-state index contributed by atoms with van der Waals surface area (Å²) in [7, 11) is 0. The first-order valence-corrected chi connectivity index (χ1v) is 8.40. The van der Waals surface area contributed by atoms with E-state index in [0.717, 1.165) is 6.07 Å². The first-order chi connectivity index (χ1) is 11.6. The number of fused-ring (bicyclic) bond motifs is 2. The van der Waals surface area contributed by atoms with Crippen LogP contribution in [0.3, 0.4) is 0 Å². The molecule has 4 rings (SSSR count). The van der Waals surface area contributed by atoms with Gasteiger partial charge in [-0.05, 0) is 34.3 Å². The summed E-state index contributed by atoms with van der Waals surface area (Å²) in [6, 6.07) is 0.788. The average Bonchev–Trinajstić information content (AvgIpc) is 3.02. The van der Waals surface area contributed by atoms with E-state index in [1.54, 1.807) is 0 Å². The Morgan fingerprint density at radius 3 is 2.92 bits per heavy atom. The van der Waals surface area contributed by atoms with Crippen molar-refractivity contribution in [1.29, 1.82) is 0 Å². The van der Waals surface area contributed by atoms with Gasteiger partial charge in [0.25, 0.3) is 5.91 Å². The summed E-state index contributed by atoms with van der Waals surface area (Å²) in [5.74, 6) is -1.26. The van der Waals surface area contributed by atoms with Gasteiger partial charge in [0.1, 0.15) is 17.4 Å². The maximum absolute atomic E-state index is 14.4. The molecule has 0 aliphatic carbocycles. The number of hydrogen-bond donors (Lipinski definition) is 0. The van der Waals surface area contributed by atoms with Crippen LogP contribution in [0.15, 0.2) is 15.1 Å². The molecule has 0 radical (unpaired) electrons. The van der Waals surface area contributed by atoms with Gasteiger partial charge in [0.15, 0.2) is 5.69 Å². The summed E-state index contributed by atoms with van der Waals surface area (Å²) in [6.07, 6.45) is 1.66. The van der Waals surface area contributed by atoms with Gasteiger partial charge < -0.3 is 14.2 Å². The van der Waals surface area contributed by atoms with Gasteiger partial charge in [-0.15, -0.1) is 0 Å². The smallest absolute Gasteiger partial charge is 0.280 e. The van der Waals surface area contributed by atoms with Crippen molar-refractivity contribution in [1.82, 2.24) is 5.16 Å². The van der Waals surface area contributed by atoms with Crippen LogP contribution in [-0.4, -0.2) is 24.2 Å². The summed E-state index contributed by atoms with van der Waals surface area (Å²) in [6.45, 7) is 1.10. The van der Waals surface area contributed by atoms with Crippen molar-refractivity contribution < 1.29 is 22.8 Å².